The summed E-state index contributed by atoms with van der Waals surface area (Å²) in [4.78, 5) is 29.0. The second kappa shape index (κ2) is 7.96. The lowest BCUT2D eigenvalue weighted by Crippen LogP contribution is -2.40. The molecule has 6 nitrogen and oxygen atoms in total. The highest BCUT2D eigenvalue weighted by molar-refractivity contribution is 7.09. The zero-order chi connectivity index (χ0) is 21.4. The number of aromatic nitrogens is 1. The van der Waals surface area contributed by atoms with Gasteiger partial charge in [-0.15, -0.1) is 11.3 Å². The fraction of sp³-hybridized carbons (Fsp3) is 0.375. The van der Waals surface area contributed by atoms with Gasteiger partial charge in [-0.05, 0) is 43.0 Å². The van der Waals surface area contributed by atoms with Gasteiger partial charge in [-0.2, -0.15) is 0 Å². The first-order valence-electron chi connectivity index (χ1n) is 10.7. The number of carbonyl (C=O) groups is 2. The third-order valence-electron chi connectivity index (χ3n) is 6.69. The molecule has 3 aromatic rings. The second-order valence-corrected chi connectivity index (χ2v) is 9.57. The molecule has 3 heterocycles. The lowest BCUT2D eigenvalue weighted by molar-refractivity contribution is -0.123. The van der Waals surface area contributed by atoms with Gasteiger partial charge in [0.2, 0.25) is 5.91 Å². The number of hydrogen-bond acceptors (Lipinski definition) is 5. The first-order valence-corrected chi connectivity index (χ1v) is 11.6. The predicted molar refractivity (Wildman–Crippen MR) is 119 cm³/mol. The van der Waals surface area contributed by atoms with E-state index >= 15 is 0 Å². The van der Waals surface area contributed by atoms with Crippen molar-refractivity contribution in [1.29, 1.82) is 0 Å². The van der Waals surface area contributed by atoms with Crippen LogP contribution in [0.5, 0.6) is 0 Å². The smallest absolute Gasteiger partial charge is 0.259 e. The normalized spacial score (nSPS) is 19.4. The summed E-state index contributed by atoms with van der Waals surface area (Å²) in [6, 6.07) is 13.7. The van der Waals surface area contributed by atoms with Gasteiger partial charge >= 0.3 is 0 Å². The minimum atomic E-state index is -0.0354. The highest BCUT2D eigenvalue weighted by Gasteiger charge is 2.58. The molecule has 1 atom stereocenters. The minimum Gasteiger partial charge on any atom is -0.360 e. The summed E-state index contributed by atoms with van der Waals surface area (Å²) in [5.74, 6) is 0.726. The molecule has 5 rings (SSSR count). The monoisotopic (exact) mass is 435 g/mol. The molecule has 0 bridgehead atoms. The Hall–Kier alpha value is -2.93. The molecule has 1 aliphatic carbocycles. The lowest BCUT2D eigenvalue weighted by Gasteiger charge is -2.33. The van der Waals surface area contributed by atoms with Gasteiger partial charge in [-0.25, -0.2) is 0 Å². The van der Waals surface area contributed by atoms with Crippen molar-refractivity contribution < 1.29 is 14.1 Å². The van der Waals surface area contributed by atoms with Crippen LogP contribution < -0.4 is 5.32 Å². The Balaban J connectivity index is 1.21. The molecule has 1 aliphatic heterocycles. The molecule has 1 saturated heterocycles. The van der Waals surface area contributed by atoms with Gasteiger partial charge in [-0.1, -0.05) is 41.6 Å². The van der Waals surface area contributed by atoms with Crippen molar-refractivity contribution in [2.75, 3.05) is 13.1 Å². The molecule has 1 saturated carbocycles. The lowest BCUT2D eigenvalue weighted by atomic mass is 9.90. The van der Waals surface area contributed by atoms with Gasteiger partial charge in [0, 0.05) is 29.4 Å². The second-order valence-electron chi connectivity index (χ2n) is 8.54. The molecule has 1 N–H and O–H groups in total. The summed E-state index contributed by atoms with van der Waals surface area (Å²) < 4.78 is 5.37. The Morgan fingerprint density at radius 2 is 1.97 bits per heavy atom. The van der Waals surface area contributed by atoms with Crippen molar-refractivity contribution in [3.8, 4) is 11.3 Å². The Morgan fingerprint density at radius 1 is 1.19 bits per heavy atom. The fourth-order valence-corrected chi connectivity index (χ4v) is 5.36. The summed E-state index contributed by atoms with van der Waals surface area (Å²) in [6.45, 7) is 3.70. The minimum absolute atomic E-state index is 0.0354. The standard InChI is InChI=1S/C24H25N3O3S/c1-16-20(21(26-30-16)17-6-3-2-4-7-17)23(29)27-11-9-24(10-12-27)14-19(24)22(28)25-15-18-8-5-13-31-18/h2-8,13,19H,9-12,14-15H2,1H3,(H,25,28)/t19-/m0/s1. The van der Waals surface area contributed by atoms with Gasteiger partial charge in [0.15, 0.2) is 0 Å². The van der Waals surface area contributed by atoms with E-state index in [1.807, 2.05) is 52.7 Å². The number of aryl methyl sites for hydroxylation is 1. The number of carbonyl (C=O) groups excluding carboxylic acids is 2. The number of nitrogens with one attached hydrogen (secondary N) is 1. The molecular formula is C24H25N3O3S. The highest BCUT2D eigenvalue weighted by atomic mass is 32.1. The van der Waals surface area contributed by atoms with Crippen LogP contribution in [0.15, 0.2) is 52.4 Å². The van der Waals surface area contributed by atoms with Gasteiger partial charge in [0.25, 0.3) is 5.91 Å². The molecule has 160 valence electrons. The van der Waals surface area contributed by atoms with Crippen LogP contribution in [0.2, 0.25) is 0 Å². The Kier molecular flexibility index (Phi) is 5.14. The predicted octanol–water partition coefficient (Wildman–Crippen LogP) is 4.27. The third-order valence-corrected chi connectivity index (χ3v) is 7.57. The Labute approximate surface area is 185 Å². The van der Waals surface area contributed by atoms with Crippen molar-refractivity contribution in [1.82, 2.24) is 15.4 Å². The van der Waals surface area contributed by atoms with Gasteiger partial charge in [-0.3, -0.25) is 9.59 Å². The average Bonchev–Trinajstić information content (AvgIpc) is 3.12. The number of rotatable bonds is 5. The van der Waals surface area contributed by atoms with Crippen LogP contribution in [-0.2, 0) is 11.3 Å². The number of likely N-dealkylation sites (tertiary alicyclic amines) is 1. The topological polar surface area (TPSA) is 75.4 Å². The van der Waals surface area contributed by atoms with E-state index in [1.54, 1.807) is 18.3 Å². The maximum Gasteiger partial charge on any atom is 0.259 e. The van der Waals surface area contributed by atoms with Crippen LogP contribution in [0.1, 0.15) is 40.3 Å². The summed E-state index contributed by atoms with van der Waals surface area (Å²) in [6.07, 6.45) is 2.65. The van der Waals surface area contributed by atoms with E-state index in [-0.39, 0.29) is 23.1 Å². The summed E-state index contributed by atoms with van der Waals surface area (Å²) in [5, 5.41) is 9.24. The van der Waals surface area contributed by atoms with E-state index in [1.165, 1.54) is 4.88 Å². The van der Waals surface area contributed by atoms with E-state index in [0.29, 0.717) is 36.7 Å². The maximum absolute atomic E-state index is 13.3. The molecule has 2 aromatic heterocycles. The van der Waals surface area contributed by atoms with Crippen molar-refractivity contribution in [3.05, 3.63) is 64.0 Å². The van der Waals surface area contributed by atoms with Crippen LogP contribution in [0.3, 0.4) is 0 Å². The molecule has 0 unspecified atom stereocenters. The number of amides is 2. The van der Waals surface area contributed by atoms with Gasteiger partial charge in [0.05, 0.1) is 6.54 Å². The van der Waals surface area contributed by atoms with Crippen LogP contribution >= 0.6 is 11.3 Å². The Bertz CT molecular complexity index is 1080. The quantitative estimate of drug-likeness (QED) is 0.649. The molecule has 31 heavy (non-hydrogen) atoms. The molecule has 2 aliphatic rings. The zero-order valence-corrected chi connectivity index (χ0v) is 18.3. The SMILES string of the molecule is Cc1onc(-c2ccccc2)c1C(=O)N1CCC2(CC1)C[C@H]2C(=O)NCc1cccs1. The fourth-order valence-electron chi connectivity index (χ4n) is 4.71. The molecule has 1 spiro atoms. The molecule has 2 fully saturated rings. The van der Waals surface area contributed by atoms with Crippen molar-refractivity contribution in [2.24, 2.45) is 11.3 Å². The van der Waals surface area contributed by atoms with Crippen molar-refractivity contribution >= 4 is 23.2 Å². The Morgan fingerprint density at radius 3 is 2.68 bits per heavy atom. The molecule has 1 aromatic carbocycles. The first-order chi connectivity index (χ1) is 15.1. The number of nitrogens with zero attached hydrogens (tertiary/aromatic N) is 2. The van der Waals surface area contributed by atoms with Crippen molar-refractivity contribution in [2.45, 2.75) is 32.7 Å². The van der Waals surface area contributed by atoms with E-state index in [0.717, 1.165) is 24.8 Å². The third kappa shape index (κ3) is 3.78. The zero-order valence-electron chi connectivity index (χ0n) is 17.5. The molecular weight excluding hydrogens is 410 g/mol. The van der Waals surface area contributed by atoms with E-state index in [9.17, 15) is 9.59 Å². The average molecular weight is 436 g/mol. The first kappa shape index (κ1) is 20.0. The number of hydrogen-bond donors (Lipinski definition) is 1. The van der Waals surface area contributed by atoms with Crippen LogP contribution in [0.25, 0.3) is 11.3 Å². The van der Waals surface area contributed by atoms with E-state index in [2.05, 4.69) is 10.5 Å². The van der Waals surface area contributed by atoms with Crippen LogP contribution in [0.4, 0.5) is 0 Å². The van der Waals surface area contributed by atoms with E-state index < -0.39 is 0 Å². The highest BCUT2D eigenvalue weighted by Crippen LogP contribution is 2.59. The largest absolute Gasteiger partial charge is 0.360 e. The summed E-state index contributed by atoms with van der Waals surface area (Å²) in [5.41, 5.74) is 2.08. The van der Waals surface area contributed by atoms with Gasteiger partial charge in [0.1, 0.15) is 17.0 Å². The van der Waals surface area contributed by atoms with Crippen LogP contribution in [0, 0.1) is 18.3 Å². The van der Waals surface area contributed by atoms with Crippen LogP contribution in [-0.4, -0.2) is 35.0 Å². The number of piperidine rings is 1. The van der Waals surface area contributed by atoms with Gasteiger partial charge < -0.3 is 14.7 Å². The molecule has 7 heteroatoms. The summed E-state index contributed by atoms with van der Waals surface area (Å²) in [7, 11) is 0. The maximum atomic E-state index is 13.3. The van der Waals surface area contributed by atoms with Crippen molar-refractivity contribution in [3.63, 3.8) is 0 Å². The number of benzene rings is 1. The van der Waals surface area contributed by atoms with E-state index in [4.69, 9.17) is 4.52 Å². The number of thiophene rings is 1. The summed E-state index contributed by atoms with van der Waals surface area (Å²) >= 11 is 1.66. The molecule has 2 amide bonds. The molecule has 0 radical (unpaired) electrons.